The molecule has 15 heavy (non-hydrogen) atoms. The van der Waals surface area contributed by atoms with Gasteiger partial charge >= 0.3 is 5.97 Å². The van der Waals surface area contributed by atoms with Gasteiger partial charge in [0.15, 0.2) is 0 Å². The highest BCUT2D eigenvalue weighted by molar-refractivity contribution is 5.72. The number of carboxylic acids is 1. The van der Waals surface area contributed by atoms with Crippen molar-refractivity contribution in [3.63, 3.8) is 0 Å². The highest BCUT2D eigenvalue weighted by Gasteiger charge is 2.15. The molecule has 0 spiro atoms. The topological polar surface area (TPSA) is 79.1 Å². The van der Waals surface area contributed by atoms with E-state index in [4.69, 9.17) is 10.8 Å². The molecule has 0 unspecified atom stereocenters. The molecule has 0 bridgehead atoms. The van der Waals surface area contributed by atoms with Gasteiger partial charge in [0.1, 0.15) is 0 Å². The van der Waals surface area contributed by atoms with Gasteiger partial charge in [0.05, 0.1) is 6.42 Å². The fourth-order valence-corrected chi connectivity index (χ4v) is 1.76. The van der Waals surface area contributed by atoms with Gasteiger partial charge in [0.2, 0.25) is 0 Å². The van der Waals surface area contributed by atoms with Gasteiger partial charge in [-0.1, -0.05) is 6.08 Å². The standard InChI is InChI=1S/C11H12N2O2/c12-5-7-1-2-10-9(3-7)8(6-13-10)4-11(14)15/h1-2,5-6,13H,3-4,12H2,(H,14,15). The summed E-state index contributed by atoms with van der Waals surface area (Å²) in [5.41, 5.74) is 9.30. The summed E-state index contributed by atoms with van der Waals surface area (Å²) in [6, 6.07) is 0. The van der Waals surface area contributed by atoms with Crippen LogP contribution in [0.1, 0.15) is 16.8 Å². The van der Waals surface area contributed by atoms with Gasteiger partial charge in [-0.25, -0.2) is 0 Å². The number of fused-ring (bicyclic) bond motifs is 1. The number of hydrogen-bond acceptors (Lipinski definition) is 2. The van der Waals surface area contributed by atoms with Gasteiger partial charge in [-0.3, -0.25) is 4.79 Å². The smallest absolute Gasteiger partial charge is 0.307 e. The third kappa shape index (κ3) is 1.79. The van der Waals surface area contributed by atoms with Crippen LogP contribution in [-0.4, -0.2) is 16.1 Å². The van der Waals surface area contributed by atoms with E-state index in [1.807, 2.05) is 12.2 Å². The molecule has 0 aliphatic heterocycles. The van der Waals surface area contributed by atoms with Crippen molar-refractivity contribution in [1.82, 2.24) is 4.98 Å². The van der Waals surface area contributed by atoms with Crippen LogP contribution in [0.25, 0.3) is 6.08 Å². The maximum Gasteiger partial charge on any atom is 0.307 e. The second kappa shape index (κ2) is 3.65. The van der Waals surface area contributed by atoms with E-state index in [1.165, 1.54) is 0 Å². The molecule has 0 saturated heterocycles. The molecule has 4 heteroatoms. The van der Waals surface area contributed by atoms with Gasteiger partial charge in [0, 0.05) is 18.3 Å². The van der Waals surface area contributed by atoms with Gasteiger partial charge in [-0.15, -0.1) is 0 Å². The van der Waals surface area contributed by atoms with Crippen LogP contribution in [0.5, 0.6) is 0 Å². The highest BCUT2D eigenvalue weighted by atomic mass is 16.4. The number of carboxylic acid groups (broad SMARTS) is 1. The zero-order valence-electron chi connectivity index (χ0n) is 8.16. The monoisotopic (exact) mass is 204 g/mol. The molecular formula is C11H12N2O2. The summed E-state index contributed by atoms with van der Waals surface area (Å²) < 4.78 is 0. The Bertz CT molecular complexity index is 455. The van der Waals surface area contributed by atoms with Crippen LogP contribution in [-0.2, 0) is 17.6 Å². The normalized spacial score (nSPS) is 16.7. The number of nitrogens with two attached hydrogens (primary N) is 1. The first kappa shape index (κ1) is 9.58. The molecule has 0 atom stereocenters. The average Bonchev–Trinajstić information content (AvgIpc) is 2.60. The van der Waals surface area contributed by atoms with E-state index in [-0.39, 0.29) is 6.42 Å². The fraction of sp³-hybridized carbons (Fsp3) is 0.182. The van der Waals surface area contributed by atoms with E-state index in [1.54, 1.807) is 12.4 Å². The third-order valence-electron chi connectivity index (χ3n) is 2.52. The molecular weight excluding hydrogens is 192 g/mol. The van der Waals surface area contributed by atoms with Gasteiger partial charge in [-0.05, 0) is 29.0 Å². The van der Waals surface area contributed by atoms with Crippen molar-refractivity contribution in [2.75, 3.05) is 0 Å². The minimum Gasteiger partial charge on any atom is -0.481 e. The molecule has 1 aliphatic carbocycles. The van der Waals surface area contributed by atoms with Gasteiger partial charge in [0.25, 0.3) is 0 Å². The first-order chi connectivity index (χ1) is 7.20. The summed E-state index contributed by atoms with van der Waals surface area (Å²) in [7, 11) is 0. The number of nitrogens with one attached hydrogen (secondary N) is 1. The lowest BCUT2D eigenvalue weighted by Crippen LogP contribution is -2.04. The number of aromatic amines is 1. The van der Waals surface area contributed by atoms with E-state index < -0.39 is 5.97 Å². The summed E-state index contributed by atoms with van der Waals surface area (Å²) in [5, 5.41) is 8.74. The zero-order valence-corrected chi connectivity index (χ0v) is 8.16. The molecule has 4 N–H and O–H groups in total. The summed E-state index contributed by atoms with van der Waals surface area (Å²) >= 11 is 0. The van der Waals surface area contributed by atoms with Crippen LogP contribution in [0.3, 0.4) is 0 Å². The molecule has 4 nitrogen and oxygen atoms in total. The minimum atomic E-state index is -0.815. The predicted molar refractivity (Wildman–Crippen MR) is 57.1 cm³/mol. The summed E-state index contributed by atoms with van der Waals surface area (Å²) in [6.45, 7) is 0. The van der Waals surface area contributed by atoms with E-state index >= 15 is 0 Å². The predicted octanol–water partition coefficient (Wildman–Crippen LogP) is 1.05. The molecule has 1 aromatic heterocycles. The Morgan fingerprint density at radius 1 is 1.60 bits per heavy atom. The summed E-state index contributed by atoms with van der Waals surface area (Å²) in [5.74, 6) is -0.815. The van der Waals surface area contributed by atoms with Crippen molar-refractivity contribution < 1.29 is 9.90 Å². The fourth-order valence-electron chi connectivity index (χ4n) is 1.76. The van der Waals surface area contributed by atoms with Crippen LogP contribution in [0, 0.1) is 0 Å². The molecule has 1 aromatic rings. The average molecular weight is 204 g/mol. The van der Waals surface area contributed by atoms with Gasteiger partial charge in [-0.2, -0.15) is 0 Å². The first-order valence-electron chi connectivity index (χ1n) is 4.70. The number of hydrogen-bond donors (Lipinski definition) is 3. The first-order valence-corrected chi connectivity index (χ1v) is 4.70. The number of carbonyl (C=O) groups is 1. The molecule has 0 aromatic carbocycles. The molecule has 0 fully saturated rings. The second-order valence-electron chi connectivity index (χ2n) is 3.53. The van der Waals surface area contributed by atoms with Crippen molar-refractivity contribution in [2.24, 2.45) is 5.73 Å². The van der Waals surface area contributed by atoms with Crippen LogP contribution in [0.15, 0.2) is 24.0 Å². The maximum atomic E-state index is 10.6. The number of allylic oxidation sites excluding steroid dienone is 2. The van der Waals surface area contributed by atoms with E-state index in [0.29, 0.717) is 6.42 Å². The number of rotatable bonds is 2. The maximum absolute atomic E-state index is 10.6. The third-order valence-corrected chi connectivity index (χ3v) is 2.52. The van der Waals surface area contributed by atoms with Crippen molar-refractivity contribution in [1.29, 1.82) is 0 Å². The molecule has 2 rings (SSSR count). The van der Waals surface area contributed by atoms with Crippen molar-refractivity contribution in [3.05, 3.63) is 40.9 Å². The molecule has 0 radical (unpaired) electrons. The Labute approximate surface area is 87.1 Å². The minimum absolute atomic E-state index is 0.0531. The van der Waals surface area contributed by atoms with E-state index in [0.717, 1.165) is 22.4 Å². The second-order valence-corrected chi connectivity index (χ2v) is 3.53. The van der Waals surface area contributed by atoms with E-state index in [2.05, 4.69) is 4.98 Å². The Morgan fingerprint density at radius 3 is 3.07 bits per heavy atom. The van der Waals surface area contributed by atoms with Crippen LogP contribution in [0.2, 0.25) is 0 Å². The summed E-state index contributed by atoms with van der Waals surface area (Å²) in [6.07, 6.45) is 7.91. The van der Waals surface area contributed by atoms with Crippen LogP contribution >= 0.6 is 0 Å². The quantitative estimate of drug-likeness (QED) is 0.673. The molecule has 0 saturated carbocycles. The lowest BCUT2D eigenvalue weighted by molar-refractivity contribution is -0.136. The zero-order chi connectivity index (χ0) is 10.8. The highest BCUT2D eigenvalue weighted by Crippen LogP contribution is 2.25. The van der Waals surface area contributed by atoms with Crippen molar-refractivity contribution in [2.45, 2.75) is 12.8 Å². The molecule has 78 valence electrons. The molecule has 1 aliphatic rings. The molecule has 0 amide bonds. The van der Waals surface area contributed by atoms with Crippen LogP contribution in [0.4, 0.5) is 0 Å². The Hall–Kier alpha value is -1.97. The Kier molecular flexibility index (Phi) is 2.33. The van der Waals surface area contributed by atoms with Crippen molar-refractivity contribution in [3.8, 4) is 0 Å². The summed E-state index contributed by atoms with van der Waals surface area (Å²) in [4.78, 5) is 13.7. The van der Waals surface area contributed by atoms with Crippen molar-refractivity contribution >= 4 is 12.0 Å². The van der Waals surface area contributed by atoms with Gasteiger partial charge < -0.3 is 15.8 Å². The largest absolute Gasteiger partial charge is 0.481 e. The lowest BCUT2D eigenvalue weighted by Gasteiger charge is -2.09. The Morgan fingerprint density at radius 2 is 2.40 bits per heavy atom. The lowest BCUT2D eigenvalue weighted by atomic mass is 9.95. The number of aliphatic carboxylic acids is 1. The van der Waals surface area contributed by atoms with Crippen LogP contribution < -0.4 is 5.73 Å². The number of H-pyrrole nitrogens is 1. The Balaban J connectivity index is 2.35. The number of aromatic nitrogens is 1. The van der Waals surface area contributed by atoms with E-state index in [9.17, 15) is 4.79 Å². The molecule has 1 heterocycles. The SMILES string of the molecule is NC=C1C=Cc2[nH]cc(CC(=O)O)c2C1.